The molecule has 0 aromatic carbocycles. The number of aliphatic hydroxyl groups is 5. The maximum absolute atomic E-state index is 11.4. The summed E-state index contributed by atoms with van der Waals surface area (Å²) >= 11 is 0. The maximum atomic E-state index is 11.4. The Morgan fingerprint density at radius 3 is 2.30 bits per heavy atom. The second-order valence-electron chi connectivity index (χ2n) is 12.9. The number of carbonyl (C=O) groups excluding carboxylic acids is 1. The van der Waals surface area contributed by atoms with Crippen molar-refractivity contribution in [2.75, 3.05) is 6.61 Å². The zero-order valence-electron chi connectivity index (χ0n) is 22.4. The first-order chi connectivity index (χ1) is 17.0. The van der Waals surface area contributed by atoms with Crippen LogP contribution in [0.1, 0.15) is 71.6 Å². The molecule has 0 aromatic rings. The predicted molar refractivity (Wildman–Crippen MR) is 125 cm³/mol. The molecule has 5 fully saturated rings. The molecule has 5 aliphatic rings. The van der Waals surface area contributed by atoms with Crippen molar-refractivity contribution in [2.24, 2.45) is 40.4 Å². The van der Waals surface area contributed by atoms with Crippen LogP contribution in [0.4, 0.5) is 0 Å². The minimum absolute atomic E-state index is 0. The van der Waals surface area contributed by atoms with Crippen LogP contribution >= 0.6 is 0 Å². The Balaban J connectivity index is 0.00000320. The Morgan fingerprint density at radius 1 is 0.946 bits per heavy atom. The van der Waals surface area contributed by atoms with Gasteiger partial charge in [-0.2, -0.15) is 0 Å². The zero-order valence-corrected chi connectivity index (χ0v) is 24.4. The summed E-state index contributed by atoms with van der Waals surface area (Å²) in [6, 6.07) is 0. The van der Waals surface area contributed by atoms with Gasteiger partial charge >= 0.3 is 29.6 Å². The van der Waals surface area contributed by atoms with E-state index in [4.69, 9.17) is 9.47 Å². The summed E-state index contributed by atoms with van der Waals surface area (Å²) in [4.78, 5) is 11.4. The van der Waals surface area contributed by atoms with Gasteiger partial charge in [0, 0.05) is 0 Å². The van der Waals surface area contributed by atoms with Gasteiger partial charge in [0.1, 0.15) is 24.4 Å². The quantitative estimate of drug-likeness (QED) is 0.231. The number of fused-ring (bicyclic) bond motifs is 5. The molecule has 0 spiro atoms. The van der Waals surface area contributed by atoms with Crippen molar-refractivity contribution in [3.8, 4) is 0 Å². The van der Waals surface area contributed by atoms with Crippen molar-refractivity contribution in [3.05, 3.63) is 0 Å². The first-order valence-electron chi connectivity index (χ1n) is 13.9. The molecule has 0 aromatic heterocycles. The molecule has 5 N–H and O–H groups in total. The summed E-state index contributed by atoms with van der Waals surface area (Å²) in [5, 5.41) is 62.5. The Kier molecular flexibility index (Phi) is 9.15. The summed E-state index contributed by atoms with van der Waals surface area (Å²) in [6.45, 7) is 4.42. The summed E-state index contributed by atoms with van der Waals surface area (Å²) in [5.74, 6) is 0.602. The van der Waals surface area contributed by atoms with Gasteiger partial charge < -0.3 is 44.9 Å². The molecule has 0 bridgehead atoms. The van der Waals surface area contributed by atoms with Gasteiger partial charge in [-0.3, -0.25) is 0 Å². The number of ether oxygens (including phenoxy) is 2. The molecule has 10 heteroatoms. The number of carboxylic acids is 1. The summed E-state index contributed by atoms with van der Waals surface area (Å²) in [6.07, 6.45) is -0.242. The van der Waals surface area contributed by atoms with Gasteiger partial charge in [-0.1, -0.05) is 13.8 Å². The number of aliphatic hydroxyl groups excluding tert-OH is 5. The number of rotatable bonds is 5. The molecule has 1 aliphatic heterocycles. The van der Waals surface area contributed by atoms with Crippen molar-refractivity contribution >= 4 is 5.97 Å². The van der Waals surface area contributed by atoms with Crippen LogP contribution in [0, 0.1) is 40.4 Å². The van der Waals surface area contributed by atoms with E-state index < -0.39 is 42.8 Å². The normalized spacial score (nSPS) is 52.2. The van der Waals surface area contributed by atoms with Gasteiger partial charge in [0.05, 0.1) is 24.8 Å². The minimum Gasteiger partial charge on any atom is -0.547 e. The molecule has 37 heavy (non-hydrogen) atoms. The first kappa shape index (κ1) is 30.2. The molecule has 5 rings (SSSR count). The molecule has 4 aliphatic carbocycles. The maximum Gasteiger partial charge on any atom is 1.00 e. The van der Waals surface area contributed by atoms with Gasteiger partial charge in [-0.15, -0.1) is 0 Å². The van der Waals surface area contributed by atoms with Crippen LogP contribution in [0.25, 0.3) is 0 Å². The smallest absolute Gasteiger partial charge is 0.547 e. The van der Waals surface area contributed by atoms with E-state index in [0.717, 1.165) is 57.8 Å². The third-order valence-corrected chi connectivity index (χ3v) is 11.5. The summed E-state index contributed by atoms with van der Waals surface area (Å²) < 4.78 is 11.3. The molecule has 206 valence electrons. The van der Waals surface area contributed by atoms with E-state index in [1.807, 2.05) is 0 Å². The molecule has 14 atom stereocenters. The van der Waals surface area contributed by atoms with Crippen LogP contribution in [-0.2, 0) is 14.3 Å². The third-order valence-electron chi connectivity index (χ3n) is 11.5. The number of carboxylic acid groups (broad SMARTS) is 1. The Labute approximate surface area is 241 Å². The molecular weight excluding hydrogens is 491 g/mol. The summed E-state index contributed by atoms with van der Waals surface area (Å²) in [5.41, 5.74) is 0.197. The van der Waals surface area contributed by atoms with Crippen LogP contribution in [0.15, 0.2) is 0 Å². The van der Waals surface area contributed by atoms with Gasteiger partial charge in [0.25, 0.3) is 0 Å². The fourth-order valence-electron chi connectivity index (χ4n) is 9.48. The van der Waals surface area contributed by atoms with Crippen LogP contribution in [0.2, 0.25) is 0 Å². The molecule has 0 amide bonds. The second-order valence-corrected chi connectivity index (χ2v) is 12.9. The molecule has 0 radical (unpaired) electrons. The molecule has 4 saturated carbocycles. The molecule has 11 unspecified atom stereocenters. The van der Waals surface area contributed by atoms with Crippen molar-refractivity contribution in [1.82, 2.24) is 0 Å². The van der Waals surface area contributed by atoms with E-state index in [0.29, 0.717) is 23.7 Å². The molecular formula is C27H43NaO9. The summed E-state index contributed by atoms with van der Waals surface area (Å²) in [7, 11) is 0. The Bertz CT molecular complexity index is 830. The SMILES string of the molecule is C[C@]12CCC(O)CC1CCC1C2CC[C@@]2(C)C1CC[C@@H]2C(CO)OC1OC(C(=O)[O-])C(O)C(O)C1O.[Na+]. The van der Waals surface area contributed by atoms with Crippen molar-refractivity contribution < 1.29 is 74.5 Å². The molecule has 1 saturated heterocycles. The van der Waals surface area contributed by atoms with Crippen molar-refractivity contribution in [3.63, 3.8) is 0 Å². The zero-order chi connectivity index (χ0) is 26.0. The Hall–Kier alpha value is 0.190. The van der Waals surface area contributed by atoms with Crippen LogP contribution < -0.4 is 34.7 Å². The van der Waals surface area contributed by atoms with E-state index in [1.54, 1.807) is 0 Å². The van der Waals surface area contributed by atoms with E-state index in [-0.39, 0.29) is 59.0 Å². The fraction of sp³-hybridized carbons (Fsp3) is 0.963. The Morgan fingerprint density at radius 2 is 1.62 bits per heavy atom. The van der Waals surface area contributed by atoms with Crippen molar-refractivity contribution in [2.45, 2.75) is 115 Å². The van der Waals surface area contributed by atoms with Crippen LogP contribution in [0.5, 0.6) is 0 Å². The average molecular weight is 535 g/mol. The van der Waals surface area contributed by atoms with Crippen LogP contribution in [0.3, 0.4) is 0 Å². The average Bonchev–Trinajstić information content (AvgIpc) is 3.19. The second kappa shape index (κ2) is 11.2. The van der Waals surface area contributed by atoms with Crippen molar-refractivity contribution in [1.29, 1.82) is 0 Å². The monoisotopic (exact) mass is 534 g/mol. The number of carbonyl (C=O) groups is 1. The van der Waals surface area contributed by atoms with Gasteiger partial charge in [0.2, 0.25) is 0 Å². The standard InChI is InChI=1S/C27H44O9.Na/c1-26-9-7-14(29)11-13(26)3-4-15-16-5-6-18(27(16,2)10-8-17(15)26)19(12-28)35-25-22(32)20(30)21(31)23(36-25)24(33)34;/h13-23,25,28-32H,3-12H2,1-2H3,(H,33,34);/q;+1/p-1/t13?,14?,15?,16?,17?,18-,19?,20?,21?,22?,23?,25?,26+,27+;/m1./s1. The number of aliphatic carboxylic acids is 1. The van der Waals surface area contributed by atoms with Gasteiger partial charge in [-0.25, -0.2) is 0 Å². The van der Waals surface area contributed by atoms with E-state index in [2.05, 4.69) is 13.8 Å². The van der Waals surface area contributed by atoms with Gasteiger partial charge in [-0.05, 0) is 98.2 Å². The van der Waals surface area contributed by atoms with E-state index >= 15 is 0 Å². The van der Waals surface area contributed by atoms with E-state index in [9.17, 15) is 35.4 Å². The molecule has 1 heterocycles. The third kappa shape index (κ3) is 4.98. The van der Waals surface area contributed by atoms with Gasteiger partial charge in [0.15, 0.2) is 6.29 Å². The first-order valence-corrected chi connectivity index (χ1v) is 13.9. The minimum atomic E-state index is -1.83. The van der Waals surface area contributed by atoms with E-state index in [1.165, 1.54) is 0 Å². The van der Waals surface area contributed by atoms with Crippen LogP contribution in [-0.4, -0.2) is 81.0 Å². The largest absolute Gasteiger partial charge is 1.00 e. The molecule has 9 nitrogen and oxygen atoms in total. The number of hydrogen-bond acceptors (Lipinski definition) is 9. The fourth-order valence-corrected chi connectivity index (χ4v) is 9.48. The predicted octanol–water partition coefficient (Wildman–Crippen LogP) is -3.05. The number of hydrogen-bond donors (Lipinski definition) is 5. The topological polar surface area (TPSA) is 160 Å².